The minimum atomic E-state index is -0.541. The summed E-state index contributed by atoms with van der Waals surface area (Å²) in [5.41, 5.74) is 5.68. The van der Waals surface area contributed by atoms with E-state index >= 15 is 0 Å². The molecule has 0 aromatic heterocycles. The van der Waals surface area contributed by atoms with Crippen LogP contribution in [0.25, 0.3) is 0 Å². The lowest BCUT2D eigenvalue weighted by molar-refractivity contribution is -0.154. The van der Waals surface area contributed by atoms with Gasteiger partial charge in [0.25, 0.3) is 0 Å². The molecule has 4 nitrogen and oxygen atoms in total. The van der Waals surface area contributed by atoms with Crippen LogP contribution < -0.4 is 5.73 Å². The van der Waals surface area contributed by atoms with E-state index in [2.05, 4.69) is 4.74 Å². The van der Waals surface area contributed by atoms with Crippen molar-refractivity contribution < 1.29 is 14.3 Å². The molecule has 0 aliphatic heterocycles. The van der Waals surface area contributed by atoms with Crippen LogP contribution in [0.5, 0.6) is 0 Å². The quantitative estimate of drug-likeness (QED) is 0.656. The molecule has 0 aromatic rings. The maximum absolute atomic E-state index is 11.0. The number of hydrogen-bond acceptors (Lipinski definition) is 4. The molecule has 0 saturated heterocycles. The predicted molar refractivity (Wildman–Crippen MR) is 54.9 cm³/mol. The first-order valence-corrected chi connectivity index (χ1v) is 4.97. The fourth-order valence-corrected chi connectivity index (χ4v) is 0.979. The van der Waals surface area contributed by atoms with Crippen molar-refractivity contribution in [2.24, 2.45) is 5.73 Å². The van der Waals surface area contributed by atoms with Crippen molar-refractivity contribution in [2.45, 2.75) is 45.3 Å². The van der Waals surface area contributed by atoms with Crippen LogP contribution in [0.15, 0.2) is 0 Å². The number of carbonyl (C=O) groups excluding carboxylic acids is 1. The minimum Gasteiger partial charge on any atom is -0.467 e. The SMILES string of the molecule is CCC(N)(CC)COC(C)C(=O)OC. The third kappa shape index (κ3) is 4.07. The molecule has 0 amide bonds. The lowest BCUT2D eigenvalue weighted by Gasteiger charge is -2.27. The summed E-state index contributed by atoms with van der Waals surface area (Å²) >= 11 is 0. The summed E-state index contributed by atoms with van der Waals surface area (Å²) in [6.45, 7) is 6.07. The van der Waals surface area contributed by atoms with Gasteiger partial charge in [0.2, 0.25) is 0 Å². The molecule has 1 atom stereocenters. The molecule has 84 valence electrons. The number of nitrogens with two attached hydrogens (primary N) is 1. The standard InChI is InChI=1S/C10H21NO3/c1-5-10(11,6-2)7-14-8(3)9(12)13-4/h8H,5-7,11H2,1-4H3. The number of ether oxygens (including phenoxy) is 2. The molecular formula is C10H21NO3. The molecule has 0 heterocycles. The lowest BCUT2D eigenvalue weighted by Crippen LogP contribution is -2.44. The Kier molecular flexibility index (Phi) is 5.72. The normalized spacial score (nSPS) is 13.8. The second-order valence-corrected chi connectivity index (χ2v) is 3.55. The van der Waals surface area contributed by atoms with Crippen LogP contribution in [0.3, 0.4) is 0 Å². The molecule has 0 spiro atoms. The first-order chi connectivity index (χ1) is 6.49. The topological polar surface area (TPSA) is 61.5 Å². The number of hydrogen-bond donors (Lipinski definition) is 1. The Morgan fingerprint density at radius 2 is 1.93 bits per heavy atom. The molecule has 0 saturated carbocycles. The van der Waals surface area contributed by atoms with Gasteiger partial charge in [-0.25, -0.2) is 4.79 Å². The average Bonchev–Trinajstić information content (AvgIpc) is 2.24. The van der Waals surface area contributed by atoms with Crippen LogP contribution in [0.1, 0.15) is 33.6 Å². The molecular weight excluding hydrogens is 182 g/mol. The van der Waals surface area contributed by atoms with E-state index in [0.717, 1.165) is 12.8 Å². The van der Waals surface area contributed by atoms with Crippen LogP contribution in [-0.2, 0) is 14.3 Å². The van der Waals surface area contributed by atoms with Crippen LogP contribution in [0.2, 0.25) is 0 Å². The van der Waals surface area contributed by atoms with Crippen LogP contribution in [0.4, 0.5) is 0 Å². The van der Waals surface area contributed by atoms with Crippen LogP contribution in [-0.4, -0.2) is 31.3 Å². The zero-order valence-corrected chi connectivity index (χ0v) is 9.50. The van der Waals surface area contributed by atoms with E-state index in [0.29, 0.717) is 6.61 Å². The predicted octanol–water partition coefficient (Wildman–Crippen LogP) is 1.08. The molecule has 0 fully saturated rings. The Balaban J connectivity index is 3.97. The van der Waals surface area contributed by atoms with E-state index in [1.54, 1.807) is 6.92 Å². The van der Waals surface area contributed by atoms with Crippen molar-refractivity contribution in [3.63, 3.8) is 0 Å². The van der Waals surface area contributed by atoms with Gasteiger partial charge in [-0.05, 0) is 19.8 Å². The lowest BCUT2D eigenvalue weighted by atomic mass is 9.95. The summed E-state index contributed by atoms with van der Waals surface area (Å²) in [6, 6.07) is 0. The summed E-state index contributed by atoms with van der Waals surface area (Å²) in [4.78, 5) is 11.0. The summed E-state index contributed by atoms with van der Waals surface area (Å²) in [7, 11) is 1.34. The van der Waals surface area contributed by atoms with E-state index in [1.165, 1.54) is 7.11 Å². The number of carbonyl (C=O) groups is 1. The van der Waals surface area contributed by atoms with Gasteiger partial charge in [0, 0.05) is 5.54 Å². The van der Waals surface area contributed by atoms with Gasteiger partial charge in [-0.2, -0.15) is 0 Å². The maximum atomic E-state index is 11.0. The first kappa shape index (κ1) is 13.4. The Morgan fingerprint density at radius 3 is 2.29 bits per heavy atom. The summed E-state index contributed by atoms with van der Waals surface area (Å²) in [6.07, 6.45) is 1.12. The van der Waals surface area contributed by atoms with Crippen molar-refractivity contribution in [1.82, 2.24) is 0 Å². The van der Waals surface area contributed by atoms with Gasteiger partial charge < -0.3 is 15.2 Å². The Labute approximate surface area is 85.8 Å². The summed E-state index contributed by atoms with van der Waals surface area (Å²) < 4.78 is 9.88. The van der Waals surface area contributed by atoms with Gasteiger partial charge in [0.1, 0.15) is 0 Å². The smallest absolute Gasteiger partial charge is 0.334 e. The van der Waals surface area contributed by atoms with Gasteiger partial charge in [0.05, 0.1) is 13.7 Å². The average molecular weight is 203 g/mol. The number of esters is 1. The summed E-state index contributed by atoms with van der Waals surface area (Å²) in [5, 5.41) is 0. The van der Waals surface area contributed by atoms with Crippen molar-refractivity contribution in [2.75, 3.05) is 13.7 Å². The molecule has 4 heteroatoms. The highest BCUT2D eigenvalue weighted by molar-refractivity contribution is 5.73. The number of methoxy groups -OCH3 is 1. The van der Waals surface area contributed by atoms with Crippen molar-refractivity contribution >= 4 is 5.97 Å². The van der Waals surface area contributed by atoms with E-state index < -0.39 is 6.10 Å². The van der Waals surface area contributed by atoms with Gasteiger partial charge in [-0.15, -0.1) is 0 Å². The molecule has 0 aromatic carbocycles. The van der Waals surface area contributed by atoms with Gasteiger partial charge >= 0.3 is 5.97 Å². The van der Waals surface area contributed by atoms with Gasteiger partial charge in [-0.1, -0.05) is 13.8 Å². The molecule has 0 aliphatic carbocycles. The minimum absolute atomic E-state index is 0.331. The highest BCUT2D eigenvalue weighted by Crippen LogP contribution is 2.12. The Morgan fingerprint density at radius 1 is 1.43 bits per heavy atom. The second-order valence-electron chi connectivity index (χ2n) is 3.55. The largest absolute Gasteiger partial charge is 0.467 e. The van der Waals surface area contributed by atoms with Crippen molar-refractivity contribution in [3.05, 3.63) is 0 Å². The highest BCUT2D eigenvalue weighted by atomic mass is 16.6. The highest BCUT2D eigenvalue weighted by Gasteiger charge is 2.23. The molecule has 0 aliphatic rings. The molecule has 1 unspecified atom stereocenters. The zero-order valence-electron chi connectivity index (χ0n) is 9.50. The molecule has 2 N–H and O–H groups in total. The molecule has 0 rings (SSSR count). The van der Waals surface area contributed by atoms with Gasteiger partial charge in [-0.3, -0.25) is 0 Å². The summed E-state index contributed by atoms with van der Waals surface area (Å²) in [5.74, 6) is -0.362. The zero-order chi connectivity index (χ0) is 11.2. The van der Waals surface area contributed by atoms with Gasteiger partial charge in [0.15, 0.2) is 6.10 Å². The molecule has 0 radical (unpaired) electrons. The number of rotatable bonds is 6. The first-order valence-electron chi connectivity index (χ1n) is 4.97. The maximum Gasteiger partial charge on any atom is 0.334 e. The van der Waals surface area contributed by atoms with E-state index in [-0.39, 0.29) is 11.5 Å². The third-order valence-corrected chi connectivity index (χ3v) is 2.56. The van der Waals surface area contributed by atoms with Crippen LogP contribution in [0, 0.1) is 0 Å². The van der Waals surface area contributed by atoms with Crippen molar-refractivity contribution in [3.8, 4) is 0 Å². The Bertz CT molecular complexity index is 178. The van der Waals surface area contributed by atoms with E-state index in [9.17, 15) is 4.79 Å². The molecule has 14 heavy (non-hydrogen) atoms. The van der Waals surface area contributed by atoms with E-state index in [4.69, 9.17) is 10.5 Å². The fraction of sp³-hybridized carbons (Fsp3) is 0.900. The molecule has 0 bridgehead atoms. The Hall–Kier alpha value is -0.610. The van der Waals surface area contributed by atoms with E-state index in [1.807, 2.05) is 13.8 Å². The fourth-order valence-electron chi connectivity index (χ4n) is 0.979. The third-order valence-electron chi connectivity index (χ3n) is 2.56. The van der Waals surface area contributed by atoms with Crippen molar-refractivity contribution in [1.29, 1.82) is 0 Å². The second kappa shape index (κ2) is 5.98. The monoisotopic (exact) mass is 203 g/mol. The van der Waals surface area contributed by atoms with Crippen LogP contribution >= 0.6 is 0 Å².